The first-order valence-electron chi connectivity index (χ1n) is 9.05. The Kier molecular flexibility index (Phi) is 6.59. The number of ketones is 1. The minimum Gasteiger partial charge on any atom is -0.871 e. The molecule has 3 rings (SSSR count). The summed E-state index contributed by atoms with van der Waals surface area (Å²) in [6, 6.07) is 9.04. The number of esters is 1. The number of rotatable bonds is 7. The Hall–Kier alpha value is -4.45. The third-order valence-corrected chi connectivity index (χ3v) is 4.65. The Morgan fingerprint density at radius 1 is 1.27 bits per heavy atom. The zero-order valence-corrected chi connectivity index (χ0v) is 17.5. The van der Waals surface area contributed by atoms with Crippen LogP contribution in [0.3, 0.4) is 0 Å². The maximum Gasteiger partial charge on any atom is 0.375 e. The lowest BCUT2D eigenvalue weighted by atomic mass is 9.97. The Balaban J connectivity index is 2.12. The van der Waals surface area contributed by atoms with Crippen LogP contribution in [0.25, 0.3) is 11.0 Å². The van der Waals surface area contributed by atoms with Crippen molar-refractivity contribution in [2.24, 2.45) is 0 Å². The van der Waals surface area contributed by atoms with Gasteiger partial charge < -0.3 is 25.3 Å². The summed E-state index contributed by atoms with van der Waals surface area (Å²) in [4.78, 5) is 53.7. The number of nitrogens with zero attached hydrogens (tertiary/aromatic N) is 2. The number of hydrogen-bond donors (Lipinski definition) is 3. The number of nitro benzene ring substituents is 1. The number of benzene rings is 2. The van der Waals surface area contributed by atoms with E-state index in [0.717, 1.165) is 13.2 Å². The summed E-state index contributed by atoms with van der Waals surface area (Å²) in [7, 11) is 0.896. The number of ether oxygens (including phenoxy) is 1. The highest BCUT2D eigenvalue weighted by atomic mass is 35.5. The van der Waals surface area contributed by atoms with Crippen LogP contribution in [0.5, 0.6) is 0 Å². The zero-order chi connectivity index (χ0) is 24.3. The number of non-ortho nitro benzene ring substituents is 1. The molecule has 3 N–H and O–H groups in total. The van der Waals surface area contributed by atoms with E-state index in [4.69, 9.17) is 11.6 Å². The molecule has 0 spiro atoms. The molecule has 0 fully saturated rings. The minimum absolute atomic E-state index is 0.0608. The van der Waals surface area contributed by atoms with Gasteiger partial charge in [-0.2, -0.15) is 0 Å². The average Bonchev–Trinajstić information content (AvgIpc) is 2.78. The predicted octanol–water partition coefficient (Wildman–Crippen LogP) is 1.51. The monoisotopic (exact) mass is 473 g/mol. The fourth-order valence-corrected chi connectivity index (χ4v) is 3.06. The highest BCUT2D eigenvalue weighted by molar-refractivity contribution is 6.36. The molecular weight excluding hydrogens is 460 g/mol. The lowest BCUT2D eigenvalue weighted by Crippen LogP contribution is -2.35. The van der Waals surface area contributed by atoms with Crippen LogP contribution in [0.2, 0.25) is 5.02 Å². The molecule has 1 aromatic heterocycles. The van der Waals surface area contributed by atoms with Gasteiger partial charge in [-0.05, 0) is 24.3 Å². The van der Waals surface area contributed by atoms with E-state index in [-0.39, 0.29) is 27.4 Å². The number of hydrogen-bond acceptors (Lipinski definition) is 10. The van der Waals surface area contributed by atoms with Crippen LogP contribution in [0, 0.1) is 10.1 Å². The van der Waals surface area contributed by atoms with Crippen LogP contribution in [0.4, 0.5) is 11.4 Å². The molecule has 1 heterocycles. The van der Waals surface area contributed by atoms with Crippen LogP contribution < -0.4 is 16.0 Å². The molecule has 13 heteroatoms. The number of halogens is 1. The molecular formula is C20H14ClN4O8-. The Labute approximate surface area is 189 Å². The number of nitrogens with one attached hydrogen (secondary N) is 2. The predicted molar refractivity (Wildman–Crippen MR) is 114 cm³/mol. The molecule has 0 saturated heterocycles. The first-order chi connectivity index (χ1) is 15.6. The highest BCUT2D eigenvalue weighted by Crippen LogP contribution is 2.25. The van der Waals surface area contributed by atoms with Crippen molar-refractivity contribution in [3.63, 3.8) is 0 Å². The van der Waals surface area contributed by atoms with Gasteiger partial charge in [0.1, 0.15) is 5.69 Å². The van der Waals surface area contributed by atoms with Crippen molar-refractivity contribution in [3.05, 3.63) is 85.3 Å². The second kappa shape index (κ2) is 9.36. The van der Waals surface area contributed by atoms with E-state index in [9.17, 15) is 34.7 Å². The fourth-order valence-electron chi connectivity index (χ4n) is 2.89. The number of nitro groups is 1. The van der Waals surface area contributed by atoms with Crippen molar-refractivity contribution in [3.8, 4) is 0 Å². The summed E-state index contributed by atoms with van der Waals surface area (Å²) in [6.45, 7) is 0. The summed E-state index contributed by atoms with van der Waals surface area (Å²) in [5.74, 6) is -7.61. The second-order valence-corrected chi connectivity index (χ2v) is 6.98. The molecule has 0 aliphatic carbocycles. The Morgan fingerprint density at radius 3 is 2.67 bits per heavy atom. The van der Waals surface area contributed by atoms with Crippen LogP contribution in [0.1, 0.15) is 11.6 Å². The van der Waals surface area contributed by atoms with Gasteiger partial charge in [0.25, 0.3) is 17.0 Å². The van der Waals surface area contributed by atoms with E-state index >= 15 is 0 Å². The maximum atomic E-state index is 12.9. The van der Waals surface area contributed by atoms with Crippen molar-refractivity contribution < 1.29 is 29.5 Å². The third kappa shape index (κ3) is 4.91. The van der Waals surface area contributed by atoms with E-state index in [2.05, 4.69) is 20.0 Å². The van der Waals surface area contributed by atoms with Crippen LogP contribution in [0.15, 0.2) is 58.9 Å². The van der Waals surface area contributed by atoms with Crippen molar-refractivity contribution in [1.82, 2.24) is 9.97 Å². The number of allylic oxidation sites excluding steroid dienone is 1. The van der Waals surface area contributed by atoms with Crippen LogP contribution in [-0.2, 0) is 14.3 Å². The van der Waals surface area contributed by atoms with Crippen molar-refractivity contribution in [2.75, 3.05) is 12.4 Å². The second-order valence-electron chi connectivity index (χ2n) is 6.55. The molecule has 0 aliphatic heterocycles. The molecule has 1 atom stereocenters. The lowest BCUT2D eigenvalue weighted by Gasteiger charge is -2.23. The normalized spacial score (nSPS) is 12.5. The molecule has 0 aliphatic rings. The number of H-pyrrole nitrogens is 1. The van der Waals surface area contributed by atoms with Crippen molar-refractivity contribution >= 4 is 45.8 Å². The van der Waals surface area contributed by atoms with E-state index in [1.807, 2.05) is 0 Å². The number of carbonyl (C=O) groups excluding carboxylic acids is 2. The standard InChI is InChI=1S/C20H15ClN4O8/c1-33-20(30)17(27)14(15-18(28)24-13-7-9(21)5-6-12(13)23-15)16(26)19(29)22-10-3-2-4-11(8-10)25(31)32/h2-8,14,22,26,29H,1H3,(H,24,28)/p-1. The lowest BCUT2D eigenvalue weighted by molar-refractivity contribution is -0.384. The number of aliphatic hydroxyl groups is 1. The van der Waals surface area contributed by atoms with E-state index in [1.54, 1.807) is 0 Å². The van der Waals surface area contributed by atoms with Crippen LogP contribution >= 0.6 is 11.6 Å². The number of fused-ring (bicyclic) bond motifs is 1. The van der Waals surface area contributed by atoms with E-state index in [1.165, 1.54) is 36.4 Å². The summed E-state index contributed by atoms with van der Waals surface area (Å²) in [5.41, 5.74) is -1.70. The Bertz CT molecular complexity index is 1370. The largest absolute Gasteiger partial charge is 0.871 e. The van der Waals surface area contributed by atoms with Crippen molar-refractivity contribution in [2.45, 2.75) is 5.92 Å². The van der Waals surface area contributed by atoms with E-state index in [0.29, 0.717) is 0 Å². The van der Waals surface area contributed by atoms with Gasteiger partial charge >= 0.3 is 5.97 Å². The first kappa shape index (κ1) is 23.2. The first-order valence-corrected chi connectivity index (χ1v) is 9.43. The number of carbonyl (C=O) groups is 2. The molecule has 0 radical (unpaired) electrons. The van der Waals surface area contributed by atoms with Gasteiger partial charge in [0.05, 0.1) is 29.0 Å². The smallest absolute Gasteiger partial charge is 0.375 e. The van der Waals surface area contributed by atoms with Crippen LogP contribution in [-0.4, -0.2) is 38.9 Å². The van der Waals surface area contributed by atoms with E-state index < -0.39 is 45.5 Å². The summed E-state index contributed by atoms with van der Waals surface area (Å²) < 4.78 is 4.36. The molecule has 1 unspecified atom stereocenters. The van der Waals surface area contributed by atoms with Gasteiger partial charge in [0, 0.05) is 22.8 Å². The molecule has 170 valence electrons. The molecule has 0 amide bonds. The number of anilines is 1. The third-order valence-electron chi connectivity index (χ3n) is 4.42. The molecule has 33 heavy (non-hydrogen) atoms. The van der Waals surface area contributed by atoms with Gasteiger partial charge in [-0.15, -0.1) is 0 Å². The minimum atomic E-state index is -2.16. The number of aliphatic hydroxyl groups excluding tert-OH is 1. The Morgan fingerprint density at radius 2 is 2.00 bits per heavy atom. The molecule has 0 saturated carbocycles. The highest BCUT2D eigenvalue weighted by Gasteiger charge is 2.32. The number of aromatic amines is 1. The molecule has 2 aromatic carbocycles. The van der Waals surface area contributed by atoms with Gasteiger partial charge in [0.2, 0.25) is 0 Å². The van der Waals surface area contributed by atoms with Crippen molar-refractivity contribution in [1.29, 1.82) is 0 Å². The topological polar surface area (TPSA) is 188 Å². The van der Waals surface area contributed by atoms with Gasteiger partial charge in [-0.25, -0.2) is 9.78 Å². The maximum absolute atomic E-state index is 12.9. The summed E-state index contributed by atoms with van der Waals surface area (Å²) in [5, 5.41) is 36.7. The fraction of sp³-hybridized carbons (Fsp3) is 0.100. The van der Waals surface area contributed by atoms with Gasteiger partial charge in [-0.1, -0.05) is 23.4 Å². The molecule has 12 nitrogen and oxygen atoms in total. The summed E-state index contributed by atoms with van der Waals surface area (Å²) in [6.07, 6.45) is 0. The SMILES string of the molecule is COC(=O)C(=O)C(C([O-])=C(O)Nc1cccc([N+](=O)[O-])c1)c1nc2ccc(Cl)cc2[nH]c1=O. The number of Topliss-reactive ketones (excluding diaryl/α,β-unsaturated/α-hetero) is 1. The average molecular weight is 474 g/mol. The molecule has 3 aromatic rings. The molecule has 0 bridgehead atoms. The quantitative estimate of drug-likeness (QED) is 0.149. The van der Waals surface area contributed by atoms with Gasteiger partial charge in [-0.3, -0.25) is 19.7 Å². The zero-order valence-electron chi connectivity index (χ0n) is 16.7. The summed E-state index contributed by atoms with van der Waals surface area (Å²) >= 11 is 5.88. The number of methoxy groups -OCH3 is 1. The number of aromatic nitrogens is 2. The van der Waals surface area contributed by atoms with Gasteiger partial charge in [0.15, 0.2) is 5.88 Å².